The van der Waals surface area contributed by atoms with E-state index in [1.54, 1.807) is 6.92 Å². The van der Waals surface area contributed by atoms with E-state index >= 15 is 0 Å². The van der Waals surface area contributed by atoms with E-state index in [0.29, 0.717) is 11.1 Å². The number of nitrogens with zero attached hydrogens (tertiary/aromatic N) is 1. The van der Waals surface area contributed by atoms with Crippen LogP contribution in [0, 0.1) is 0 Å². The third-order valence-corrected chi connectivity index (χ3v) is 5.86. The maximum absolute atomic E-state index is 12.6. The van der Waals surface area contributed by atoms with Crippen LogP contribution >= 0.6 is 15.9 Å². The summed E-state index contributed by atoms with van der Waals surface area (Å²) in [5.74, 6) is -1.16. The van der Waals surface area contributed by atoms with Gasteiger partial charge >= 0.3 is 5.97 Å². The molecule has 1 aromatic carbocycles. The highest BCUT2D eigenvalue weighted by molar-refractivity contribution is 9.10. The number of hydrogen-bond donors (Lipinski definition) is 1. The summed E-state index contributed by atoms with van der Waals surface area (Å²) in [4.78, 5) is 10.9. The minimum Gasteiger partial charge on any atom is -0.478 e. The molecule has 0 bridgehead atoms. The van der Waals surface area contributed by atoms with Crippen LogP contribution in [0.15, 0.2) is 27.6 Å². The summed E-state index contributed by atoms with van der Waals surface area (Å²) in [5.41, 5.74) is -0.0620. The van der Waals surface area contributed by atoms with E-state index in [-0.39, 0.29) is 29.7 Å². The van der Waals surface area contributed by atoms with E-state index in [4.69, 9.17) is 9.84 Å². The fourth-order valence-corrected chi connectivity index (χ4v) is 4.43. The van der Waals surface area contributed by atoms with Gasteiger partial charge in [0.1, 0.15) is 0 Å². The molecule has 1 saturated heterocycles. The molecule has 0 aromatic heterocycles. The number of halogens is 1. The molecule has 0 amide bonds. The van der Waals surface area contributed by atoms with Crippen molar-refractivity contribution < 1.29 is 23.1 Å². The second-order valence-corrected chi connectivity index (χ2v) is 7.26. The van der Waals surface area contributed by atoms with Gasteiger partial charge in [0, 0.05) is 17.6 Å². The minimum atomic E-state index is -3.74. The summed E-state index contributed by atoms with van der Waals surface area (Å²) in [6.07, 6.45) is -0.181. The summed E-state index contributed by atoms with van der Waals surface area (Å²) >= 11 is 3.17. The number of carboxylic acids is 1. The number of aromatic carboxylic acids is 1. The third kappa shape index (κ3) is 3.03. The Balaban J connectivity index is 2.43. The molecule has 1 atom stereocenters. The van der Waals surface area contributed by atoms with Gasteiger partial charge in [-0.3, -0.25) is 0 Å². The van der Waals surface area contributed by atoms with E-state index in [9.17, 15) is 13.2 Å². The monoisotopic (exact) mass is 363 g/mol. The van der Waals surface area contributed by atoms with Gasteiger partial charge in [-0.05, 0) is 41.1 Å². The molecule has 1 aliphatic rings. The van der Waals surface area contributed by atoms with Gasteiger partial charge in [0.05, 0.1) is 23.2 Å². The maximum atomic E-state index is 12.6. The molecule has 0 spiro atoms. The van der Waals surface area contributed by atoms with Crippen LogP contribution in [-0.2, 0) is 14.8 Å². The topological polar surface area (TPSA) is 83.9 Å². The lowest BCUT2D eigenvalue weighted by Gasteiger charge is -2.30. The van der Waals surface area contributed by atoms with Gasteiger partial charge in [0.15, 0.2) is 0 Å². The number of ether oxygens (including phenoxy) is 1. The molecule has 1 aromatic rings. The highest BCUT2D eigenvalue weighted by Crippen LogP contribution is 2.27. The number of hydrogen-bond acceptors (Lipinski definition) is 4. The summed E-state index contributed by atoms with van der Waals surface area (Å²) in [6, 6.07) is 3.95. The Morgan fingerprint density at radius 1 is 1.50 bits per heavy atom. The van der Waals surface area contributed by atoms with Crippen LogP contribution in [0.5, 0.6) is 0 Å². The Bertz CT molecular complexity index is 631. The normalized spacial score (nSPS) is 20.8. The van der Waals surface area contributed by atoms with Crippen molar-refractivity contribution in [3.8, 4) is 0 Å². The van der Waals surface area contributed by atoms with E-state index in [0.717, 1.165) is 0 Å². The molecule has 2 rings (SSSR count). The highest BCUT2D eigenvalue weighted by atomic mass is 79.9. The van der Waals surface area contributed by atoms with Crippen LogP contribution in [0.4, 0.5) is 0 Å². The second-order valence-electron chi connectivity index (χ2n) is 4.49. The molecule has 8 heteroatoms. The quantitative estimate of drug-likeness (QED) is 0.880. The van der Waals surface area contributed by atoms with Crippen molar-refractivity contribution in [2.45, 2.75) is 17.9 Å². The Labute approximate surface area is 125 Å². The smallest absolute Gasteiger partial charge is 0.335 e. The first-order valence-electron chi connectivity index (χ1n) is 5.97. The average Bonchev–Trinajstić information content (AvgIpc) is 2.38. The standard InChI is InChI=1S/C12H14BrNO5S/c1-8-7-14(4-5-19-8)20(17,18)11-6-9(12(15)16)2-3-10(11)13/h2-3,6,8H,4-5,7H2,1H3,(H,15,16). The van der Waals surface area contributed by atoms with Crippen molar-refractivity contribution in [2.75, 3.05) is 19.7 Å². The molecule has 1 aliphatic heterocycles. The summed E-state index contributed by atoms with van der Waals surface area (Å²) in [5, 5.41) is 8.97. The molecule has 1 heterocycles. The van der Waals surface area contributed by atoms with Crippen molar-refractivity contribution in [1.29, 1.82) is 0 Å². The number of rotatable bonds is 3. The predicted molar refractivity (Wildman–Crippen MR) is 75.3 cm³/mol. The van der Waals surface area contributed by atoms with E-state index in [2.05, 4.69) is 15.9 Å². The number of morpholine rings is 1. The fraction of sp³-hybridized carbons (Fsp3) is 0.417. The summed E-state index contributed by atoms with van der Waals surface area (Å²) in [6.45, 7) is 2.64. The average molecular weight is 364 g/mol. The number of carbonyl (C=O) groups is 1. The van der Waals surface area contributed by atoms with Crippen LogP contribution in [0.2, 0.25) is 0 Å². The van der Waals surface area contributed by atoms with Crippen LogP contribution in [0.1, 0.15) is 17.3 Å². The van der Waals surface area contributed by atoms with Crippen molar-refractivity contribution >= 4 is 31.9 Å². The lowest BCUT2D eigenvalue weighted by atomic mass is 10.2. The third-order valence-electron chi connectivity index (χ3n) is 3.00. The molecule has 1 unspecified atom stereocenters. The SMILES string of the molecule is CC1CN(S(=O)(=O)c2cc(C(=O)O)ccc2Br)CCO1. The second kappa shape index (κ2) is 5.80. The Hall–Kier alpha value is -0.960. The first-order valence-corrected chi connectivity index (χ1v) is 8.20. The van der Waals surface area contributed by atoms with Crippen LogP contribution in [0.3, 0.4) is 0 Å². The van der Waals surface area contributed by atoms with Crippen molar-refractivity contribution in [1.82, 2.24) is 4.31 Å². The summed E-state index contributed by atoms with van der Waals surface area (Å²) < 4.78 is 32.1. The molecule has 110 valence electrons. The Kier molecular flexibility index (Phi) is 4.48. The molecule has 1 fully saturated rings. The molecule has 6 nitrogen and oxygen atoms in total. The zero-order chi connectivity index (χ0) is 14.9. The maximum Gasteiger partial charge on any atom is 0.335 e. The first kappa shape index (κ1) is 15.4. The van der Waals surface area contributed by atoms with Gasteiger partial charge in [0.25, 0.3) is 0 Å². The largest absolute Gasteiger partial charge is 0.478 e. The van der Waals surface area contributed by atoms with E-state index in [1.165, 1.54) is 22.5 Å². The molecule has 20 heavy (non-hydrogen) atoms. The van der Waals surface area contributed by atoms with E-state index < -0.39 is 16.0 Å². The molecular weight excluding hydrogens is 350 g/mol. The zero-order valence-electron chi connectivity index (χ0n) is 10.7. The predicted octanol–water partition coefficient (Wildman–Crippen LogP) is 1.56. The zero-order valence-corrected chi connectivity index (χ0v) is 13.1. The molecule has 1 N–H and O–H groups in total. The Morgan fingerprint density at radius 3 is 2.80 bits per heavy atom. The van der Waals surface area contributed by atoms with Gasteiger partial charge in [-0.15, -0.1) is 0 Å². The van der Waals surface area contributed by atoms with Gasteiger partial charge in [-0.25, -0.2) is 13.2 Å². The first-order chi connectivity index (χ1) is 9.32. The molecular formula is C12H14BrNO5S. The van der Waals surface area contributed by atoms with Crippen LogP contribution < -0.4 is 0 Å². The van der Waals surface area contributed by atoms with Crippen LogP contribution in [-0.4, -0.2) is 49.6 Å². The highest BCUT2D eigenvalue weighted by Gasteiger charge is 2.31. The number of sulfonamides is 1. The van der Waals surface area contributed by atoms with Crippen molar-refractivity contribution in [3.05, 3.63) is 28.2 Å². The summed E-state index contributed by atoms with van der Waals surface area (Å²) in [7, 11) is -3.74. The lowest BCUT2D eigenvalue weighted by Crippen LogP contribution is -2.44. The van der Waals surface area contributed by atoms with Crippen LogP contribution in [0.25, 0.3) is 0 Å². The van der Waals surface area contributed by atoms with Gasteiger partial charge in [0.2, 0.25) is 10.0 Å². The van der Waals surface area contributed by atoms with Gasteiger partial charge < -0.3 is 9.84 Å². The lowest BCUT2D eigenvalue weighted by molar-refractivity contribution is 0.0101. The number of benzene rings is 1. The molecule has 0 aliphatic carbocycles. The molecule has 0 saturated carbocycles. The fourth-order valence-electron chi connectivity index (χ4n) is 1.98. The molecule has 0 radical (unpaired) electrons. The van der Waals surface area contributed by atoms with E-state index in [1.807, 2.05) is 0 Å². The van der Waals surface area contributed by atoms with Gasteiger partial charge in [-0.2, -0.15) is 4.31 Å². The minimum absolute atomic E-state index is 0.0356. The van der Waals surface area contributed by atoms with Crippen molar-refractivity contribution in [2.24, 2.45) is 0 Å². The van der Waals surface area contributed by atoms with Crippen molar-refractivity contribution in [3.63, 3.8) is 0 Å². The Morgan fingerprint density at radius 2 is 2.20 bits per heavy atom. The van der Waals surface area contributed by atoms with Gasteiger partial charge in [-0.1, -0.05) is 0 Å². The number of carboxylic acid groups (broad SMARTS) is 1.